The number of halogens is 1. The van der Waals surface area contributed by atoms with Gasteiger partial charge in [-0.15, -0.1) is 12.4 Å². The second kappa shape index (κ2) is 9.58. The fourth-order valence-corrected chi connectivity index (χ4v) is 3.17. The van der Waals surface area contributed by atoms with Crippen LogP contribution in [-0.2, 0) is 0 Å². The van der Waals surface area contributed by atoms with Crippen LogP contribution in [-0.4, -0.2) is 48.9 Å². The largest absolute Gasteiger partial charge is 0.455 e. The topological polar surface area (TPSA) is 36.7 Å². The Kier molecular flexibility index (Phi) is 7.45. The fraction of sp³-hybridized carbons (Fsp3) is 0.318. The molecular formula is C22H27ClN2O2. The van der Waals surface area contributed by atoms with E-state index >= 15 is 0 Å². The van der Waals surface area contributed by atoms with Crippen LogP contribution in [0.1, 0.15) is 24.2 Å². The summed E-state index contributed by atoms with van der Waals surface area (Å²) in [6.45, 7) is 7.82. The summed E-state index contributed by atoms with van der Waals surface area (Å²) in [6, 6.07) is 17.6. The number of amides is 1. The first-order valence-electron chi connectivity index (χ1n) is 9.20. The molecule has 3 aromatic rings. The van der Waals surface area contributed by atoms with Crippen molar-refractivity contribution in [1.29, 1.82) is 0 Å². The number of carbonyl (C=O) groups excluding carboxylic acids is 1. The first-order valence-corrected chi connectivity index (χ1v) is 9.20. The van der Waals surface area contributed by atoms with Crippen LogP contribution in [0.2, 0.25) is 0 Å². The maximum absolute atomic E-state index is 13.3. The minimum absolute atomic E-state index is 0. The molecule has 0 aliphatic heterocycles. The lowest BCUT2D eigenvalue weighted by Crippen LogP contribution is -2.36. The summed E-state index contributed by atoms with van der Waals surface area (Å²) in [5, 5.41) is 0.867. The molecule has 0 fully saturated rings. The maximum atomic E-state index is 13.3. The van der Waals surface area contributed by atoms with Crippen molar-refractivity contribution in [2.45, 2.75) is 13.8 Å². The molecule has 0 bridgehead atoms. The van der Waals surface area contributed by atoms with E-state index in [9.17, 15) is 4.79 Å². The molecule has 3 rings (SSSR count). The van der Waals surface area contributed by atoms with Crippen molar-refractivity contribution in [2.24, 2.45) is 0 Å². The standard InChI is InChI=1S/C22H26N2O2.ClH/c1-4-24(5-2)16-15-23(3)22(25)20-18-13-9-10-14-19(18)26-21(20)17-11-7-6-8-12-17;/h6-14H,4-5,15-16H2,1-3H3;1H. The maximum Gasteiger partial charge on any atom is 0.258 e. The SMILES string of the molecule is CCN(CC)CCN(C)C(=O)c1c(-c2ccccc2)oc2ccccc12.Cl. The van der Waals surface area contributed by atoms with Crippen molar-refractivity contribution in [3.05, 3.63) is 60.2 Å². The van der Waals surface area contributed by atoms with Gasteiger partial charge in [0.05, 0.1) is 5.56 Å². The highest BCUT2D eigenvalue weighted by Gasteiger charge is 2.24. The van der Waals surface area contributed by atoms with E-state index < -0.39 is 0 Å². The van der Waals surface area contributed by atoms with Crippen LogP contribution >= 0.6 is 12.4 Å². The van der Waals surface area contributed by atoms with Crippen LogP contribution in [0.25, 0.3) is 22.3 Å². The van der Waals surface area contributed by atoms with Gasteiger partial charge in [0.1, 0.15) is 11.3 Å². The van der Waals surface area contributed by atoms with Crippen molar-refractivity contribution >= 4 is 29.3 Å². The molecule has 2 aromatic carbocycles. The first-order chi connectivity index (χ1) is 12.7. The Morgan fingerprint density at radius 3 is 2.22 bits per heavy atom. The van der Waals surface area contributed by atoms with Gasteiger partial charge in [0, 0.05) is 31.1 Å². The van der Waals surface area contributed by atoms with E-state index in [2.05, 4.69) is 18.7 Å². The van der Waals surface area contributed by atoms with Gasteiger partial charge < -0.3 is 14.2 Å². The molecule has 0 radical (unpaired) electrons. The molecule has 1 amide bonds. The van der Waals surface area contributed by atoms with Gasteiger partial charge in [-0.2, -0.15) is 0 Å². The molecule has 0 aliphatic rings. The molecule has 5 heteroatoms. The van der Waals surface area contributed by atoms with Crippen LogP contribution < -0.4 is 0 Å². The van der Waals surface area contributed by atoms with Crippen LogP contribution in [0, 0.1) is 0 Å². The Morgan fingerprint density at radius 1 is 0.926 bits per heavy atom. The molecule has 0 atom stereocenters. The van der Waals surface area contributed by atoms with Gasteiger partial charge in [-0.05, 0) is 19.2 Å². The molecule has 1 heterocycles. The molecule has 0 unspecified atom stereocenters. The molecular weight excluding hydrogens is 360 g/mol. The van der Waals surface area contributed by atoms with Gasteiger partial charge >= 0.3 is 0 Å². The summed E-state index contributed by atoms with van der Waals surface area (Å²) >= 11 is 0. The third kappa shape index (κ3) is 4.52. The third-order valence-corrected chi connectivity index (χ3v) is 4.84. The molecule has 0 saturated heterocycles. The number of furan rings is 1. The van der Waals surface area contributed by atoms with E-state index in [-0.39, 0.29) is 18.3 Å². The Bertz CT molecular complexity index is 872. The Labute approximate surface area is 167 Å². The lowest BCUT2D eigenvalue weighted by atomic mass is 10.0. The van der Waals surface area contributed by atoms with E-state index in [1.165, 1.54) is 0 Å². The fourth-order valence-electron chi connectivity index (χ4n) is 3.17. The average Bonchev–Trinajstić information content (AvgIpc) is 3.08. The zero-order chi connectivity index (χ0) is 18.5. The number of hydrogen-bond acceptors (Lipinski definition) is 3. The predicted molar refractivity (Wildman–Crippen MR) is 114 cm³/mol. The number of benzene rings is 2. The lowest BCUT2D eigenvalue weighted by molar-refractivity contribution is 0.0781. The van der Waals surface area contributed by atoms with Crippen molar-refractivity contribution in [3.8, 4) is 11.3 Å². The summed E-state index contributed by atoms with van der Waals surface area (Å²) < 4.78 is 6.07. The number of hydrogen-bond donors (Lipinski definition) is 0. The van der Waals surface area contributed by atoms with Gasteiger partial charge in [0.25, 0.3) is 5.91 Å². The molecule has 27 heavy (non-hydrogen) atoms. The van der Waals surface area contributed by atoms with Crippen molar-refractivity contribution in [2.75, 3.05) is 33.2 Å². The number of fused-ring (bicyclic) bond motifs is 1. The Balaban J connectivity index is 0.00000261. The van der Waals surface area contributed by atoms with E-state index in [0.29, 0.717) is 17.9 Å². The van der Waals surface area contributed by atoms with Crippen molar-refractivity contribution in [3.63, 3.8) is 0 Å². The van der Waals surface area contributed by atoms with Gasteiger partial charge in [-0.1, -0.05) is 62.4 Å². The van der Waals surface area contributed by atoms with Gasteiger partial charge in [0.15, 0.2) is 0 Å². The van der Waals surface area contributed by atoms with Crippen LogP contribution in [0.3, 0.4) is 0 Å². The minimum Gasteiger partial charge on any atom is -0.455 e. The second-order valence-corrected chi connectivity index (χ2v) is 6.42. The predicted octanol–water partition coefficient (Wildman–Crippen LogP) is 4.94. The monoisotopic (exact) mass is 386 g/mol. The Hall–Kier alpha value is -2.30. The first kappa shape index (κ1) is 21.0. The van der Waals surface area contributed by atoms with Crippen LogP contribution in [0.5, 0.6) is 0 Å². The van der Waals surface area contributed by atoms with E-state index in [1.807, 2.05) is 61.6 Å². The van der Waals surface area contributed by atoms with Gasteiger partial charge in [-0.25, -0.2) is 0 Å². The molecule has 0 spiro atoms. The number of nitrogens with zero attached hydrogens (tertiary/aromatic N) is 2. The normalized spacial score (nSPS) is 10.8. The van der Waals surface area contributed by atoms with Gasteiger partial charge in [-0.3, -0.25) is 4.79 Å². The molecule has 4 nitrogen and oxygen atoms in total. The number of rotatable bonds is 7. The summed E-state index contributed by atoms with van der Waals surface area (Å²) in [6.07, 6.45) is 0. The highest BCUT2D eigenvalue weighted by atomic mass is 35.5. The minimum atomic E-state index is 0. The van der Waals surface area contributed by atoms with E-state index in [0.717, 1.165) is 36.2 Å². The number of para-hydroxylation sites is 1. The smallest absolute Gasteiger partial charge is 0.258 e. The zero-order valence-corrected chi connectivity index (χ0v) is 17.0. The van der Waals surface area contributed by atoms with Crippen LogP contribution in [0.15, 0.2) is 59.0 Å². The molecule has 1 aromatic heterocycles. The number of likely N-dealkylation sites (N-methyl/N-ethyl adjacent to an activating group) is 2. The summed E-state index contributed by atoms with van der Waals surface area (Å²) in [7, 11) is 1.86. The quantitative estimate of drug-likeness (QED) is 0.577. The van der Waals surface area contributed by atoms with Crippen molar-refractivity contribution in [1.82, 2.24) is 9.80 Å². The highest BCUT2D eigenvalue weighted by Crippen LogP contribution is 2.34. The van der Waals surface area contributed by atoms with Crippen LogP contribution in [0.4, 0.5) is 0 Å². The molecule has 0 aliphatic carbocycles. The third-order valence-electron chi connectivity index (χ3n) is 4.84. The van der Waals surface area contributed by atoms with Gasteiger partial charge in [0.2, 0.25) is 0 Å². The van der Waals surface area contributed by atoms with E-state index in [4.69, 9.17) is 4.42 Å². The van der Waals surface area contributed by atoms with E-state index in [1.54, 1.807) is 4.90 Å². The molecule has 0 saturated carbocycles. The zero-order valence-electron chi connectivity index (χ0n) is 16.1. The molecule has 144 valence electrons. The number of carbonyl (C=O) groups is 1. The average molecular weight is 387 g/mol. The van der Waals surface area contributed by atoms with Crippen molar-refractivity contribution < 1.29 is 9.21 Å². The highest BCUT2D eigenvalue weighted by molar-refractivity contribution is 6.11. The second-order valence-electron chi connectivity index (χ2n) is 6.42. The Morgan fingerprint density at radius 2 is 1.56 bits per heavy atom. The summed E-state index contributed by atoms with van der Waals surface area (Å²) in [5.41, 5.74) is 2.31. The molecule has 0 N–H and O–H groups in total. The summed E-state index contributed by atoms with van der Waals surface area (Å²) in [5.74, 6) is 0.646. The lowest BCUT2D eigenvalue weighted by Gasteiger charge is -2.23. The summed E-state index contributed by atoms with van der Waals surface area (Å²) in [4.78, 5) is 17.4.